The maximum absolute atomic E-state index is 13.4. The number of nitrogens with one attached hydrogen (secondary N) is 1. The Morgan fingerprint density at radius 2 is 1.97 bits per heavy atom. The summed E-state index contributed by atoms with van der Waals surface area (Å²) < 4.78 is 40.3. The lowest BCUT2D eigenvalue weighted by molar-refractivity contribution is -0.172. The van der Waals surface area contributed by atoms with Gasteiger partial charge in [0.2, 0.25) is 5.91 Å². The fourth-order valence-electron chi connectivity index (χ4n) is 3.78. The molecule has 1 aromatic heterocycles. The number of aromatic nitrogens is 1. The Balaban J connectivity index is 1.75. The molecular formula is C24H22F3N3O2S2. The van der Waals surface area contributed by atoms with E-state index < -0.39 is 18.1 Å². The topological polar surface area (TPSA) is 62.3 Å². The third-order valence-electron chi connectivity index (χ3n) is 5.52. The minimum atomic E-state index is -4.51. The fourth-order valence-corrected chi connectivity index (χ4v) is 5.87. The molecule has 34 heavy (non-hydrogen) atoms. The van der Waals surface area contributed by atoms with Crippen molar-refractivity contribution >= 4 is 40.0 Å². The number of thioether (sulfide) groups is 1. The quantitative estimate of drug-likeness (QED) is 0.401. The lowest BCUT2D eigenvalue weighted by atomic mass is 10.0. The third-order valence-corrected chi connectivity index (χ3v) is 7.75. The number of nitrogens with zero attached hydrogens (tertiary/aromatic N) is 2. The molecule has 178 valence electrons. The molecule has 0 saturated carbocycles. The average molecular weight is 506 g/mol. The van der Waals surface area contributed by atoms with Crippen molar-refractivity contribution in [3.05, 3.63) is 64.8 Å². The van der Waals surface area contributed by atoms with E-state index in [1.165, 1.54) is 30.0 Å². The molecule has 2 heterocycles. The van der Waals surface area contributed by atoms with Crippen LogP contribution < -0.4 is 5.32 Å². The molecule has 10 heteroatoms. The standard InChI is InChI=1S/C24H22F3N3O2S2/c1-13-21(34-23(28-13)29-15(3)31)17-9-18-11-30(14(2)24(25,26)27)22(32)20(18)19(10-17)33-12-16-7-5-4-6-8-16/h4-10,14H,11-12H2,1-3H3,(H,28,29,31). The molecule has 2 amide bonds. The zero-order valence-corrected chi connectivity index (χ0v) is 20.3. The number of hydrogen-bond acceptors (Lipinski definition) is 5. The van der Waals surface area contributed by atoms with Gasteiger partial charge in [0.05, 0.1) is 16.1 Å². The van der Waals surface area contributed by atoms with Crippen molar-refractivity contribution in [1.82, 2.24) is 9.88 Å². The third kappa shape index (κ3) is 4.97. The molecule has 1 unspecified atom stereocenters. The highest BCUT2D eigenvalue weighted by Gasteiger charge is 2.45. The van der Waals surface area contributed by atoms with Crippen LogP contribution in [0.1, 0.15) is 41.0 Å². The van der Waals surface area contributed by atoms with Crippen molar-refractivity contribution < 1.29 is 22.8 Å². The summed E-state index contributed by atoms with van der Waals surface area (Å²) in [7, 11) is 0. The van der Waals surface area contributed by atoms with E-state index in [0.29, 0.717) is 32.6 Å². The van der Waals surface area contributed by atoms with E-state index in [1.807, 2.05) is 43.3 Å². The number of alkyl halides is 3. The molecule has 3 aromatic rings. The summed E-state index contributed by atoms with van der Waals surface area (Å²) in [6, 6.07) is 11.4. The first-order chi connectivity index (χ1) is 16.0. The van der Waals surface area contributed by atoms with E-state index in [2.05, 4.69) is 10.3 Å². The van der Waals surface area contributed by atoms with Crippen molar-refractivity contribution in [2.24, 2.45) is 0 Å². The molecule has 0 spiro atoms. The van der Waals surface area contributed by atoms with Crippen molar-refractivity contribution in [1.29, 1.82) is 0 Å². The Morgan fingerprint density at radius 1 is 1.26 bits per heavy atom. The van der Waals surface area contributed by atoms with Gasteiger partial charge in [-0.25, -0.2) is 4.98 Å². The Hall–Kier alpha value is -2.85. The summed E-state index contributed by atoms with van der Waals surface area (Å²) in [5.74, 6) is -0.282. The van der Waals surface area contributed by atoms with Crippen LogP contribution in [0.5, 0.6) is 0 Å². The highest BCUT2D eigenvalue weighted by atomic mass is 32.2. The number of halogens is 3. The predicted octanol–water partition coefficient (Wildman–Crippen LogP) is 6.28. The van der Waals surface area contributed by atoms with Crippen molar-refractivity contribution in [2.45, 2.75) is 50.2 Å². The summed E-state index contributed by atoms with van der Waals surface area (Å²) in [5.41, 5.74) is 3.38. The van der Waals surface area contributed by atoms with Crippen LogP contribution >= 0.6 is 23.1 Å². The van der Waals surface area contributed by atoms with Gasteiger partial charge >= 0.3 is 6.18 Å². The van der Waals surface area contributed by atoms with Crippen LogP contribution in [0.2, 0.25) is 0 Å². The molecule has 0 saturated heterocycles. The van der Waals surface area contributed by atoms with Gasteiger partial charge in [-0.3, -0.25) is 9.59 Å². The van der Waals surface area contributed by atoms with Gasteiger partial charge in [-0.05, 0) is 42.7 Å². The smallest absolute Gasteiger partial charge is 0.322 e. The van der Waals surface area contributed by atoms with E-state index in [1.54, 1.807) is 6.07 Å². The van der Waals surface area contributed by atoms with Crippen molar-refractivity contribution in [3.63, 3.8) is 0 Å². The Bertz CT molecular complexity index is 1240. The van der Waals surface area contributed by atoms with Crippen LogP contribution in [-0.4, -0.2) is 33.9 Å². The monoisotopic (exact) mass is 505 g/mol. The number of thiazole rings is 1. The second kappa shape index (κ2) is 9.42. The van der Waals surface area contributed by atoms with Crippen LogP contribution in [0.25, 0.3) is 10.4 Å². The maximum atomic E-state index is 13.4. The van der Waals surface area contributed by atoms with Gasteiger partial charge in [-0.2, -0.15) is 13.2 Å². The average Bonchev–Trinajstić information content (AvgIpc) is 3.30. The van der Waals surface area contributed by atoms with Crippen LogP contribution in [0.3, 0.4) is 0 Å². The second-order valence-corrected chi connectivity index (χ2v) is 10.1. The zero-order valence-electron chi connectivity index (χ0n) is 18.7. The summed E-state index contributed by atoms with van der Waals surface area (Å²) in [6.07, 6.45) is -4.51. The molecular weight excluding hydrogens is 483 g/mol. The van der Waals surface area contributed by atoms with E-state index in [-0.39, 0.29) is 12.5 Å². The Labute approximate surface area is 203 Å². The highest BCUT2D eigenvalue weighted by molar-refractivity contribution is 7.98. The summed E-state index contributed by atoms with van der Waals surface area (Å²) >= 11 is 2.71. The number of aryl methyl sites for hydroxylation is 1. The van der Waals surface area contributed by atoms with E-state index in [0.717, 1.165) is 27.8 Å². The minimum Gasteiger partial charge on any atom is -0.322 e. The molecule has 0 aliphatic carbocycles. The van der Waals surface area contributed by atoms with Crippen LogP contribution in [0.15, 0.2) is 47.4 Å². The van der Waals surface area contributed by atoms with Gasteiger partial charge in [-0.15, -0.1) is 11.8 Å². The lowest BCUT2D eigenvalue weighted by Crippen LogP contribution is -2.43. The highest BCUT2D eigenvalue weighted by Crippen LogP contribution is 2.42. The molecule has 1 aliphatic rings. The number of benzene rings is 2. The number of amides is 2. The second-order valence-electron chi connectivity index (χ2n) is 8.05. The predicted molar refractivity (Wildman–Crippen MR) is 128 cm³/mol. The number of anilines is 1. The Morgan fingerprint density at radius 3 is 2.62 bits per heavy atom. The van der Waals surface area contributed by atoms with E-state index in [9.17, 15) is 22.8 Å². The first kappa shape index (κ1) is 24.3. The maximum Gasteiger partial charge on any atom is 0.408 e. The van der Waals surface area contributed by atoms with Gasteiger partial charge in [0.1, 0.15) is 6.04 Å². The number of fused-ring (bicyclic) bond motifs is 1. The first-order valence-electron chi connectivity index (χ1n) is 10.5. The zero-order chi connectivity index (χ0) is 24.6. The number of carbonyl (C=O) groups is 2. The summed E-state index contributed by atoms with van der Waals surface area (Å²) in [6.45, 7) is 4.10. The van der Waals surface area contributed by atoms with Crippen molar-refractivity contribution in [3.8, 4) is 10.4 Å². The molecule has 0 bridgehead atoms. The van der Waals surface area contributed by atoms with Gasteiger partial charge in [-0.1, -0.05) is 41.7 Å². The van der Waals surface area contributed by atoms with Gasteiger partial charge in [0, 0.05) is 24.1 Å². The SMILES string of the molecule is CC(=O)Nc1nc(C)c(-c2cc3c(c(SCc4ccccc4)c2)C(=O)N(C(C)C(F)(F)F)C3)s1. The number of carbonyl (C=O) groups excluding carboxylic acids is 2. The Kier molecular flexibility index (Phi) is 6.73. The van der Waals surface area contributed by atoms with Crippen LogP contribution in [0.4, 0.5) is 18.3 Å². The van der Waals surface area contributed by atoms with Gasteiger partial charge in [0.15, 0.2) is 5.13 Å². The molecule has 0 fully saturated rings. The van der Waals surface area contributed by atoms with Crippen molar-refractivity contribution in [2.75, 3.05) is 5.32 Å². The minimum absolute atomic E-state index is 0.113. The molecule has 1 atom stereocenters. The van der Waals surface area contributed by atoms with Gasteiger partial charge < -0.3 is 10.2 Å². The van der Waals surface area contributed by atoms with E-state index >= 15 is 0 Å². The fraction of sp³-hybridized carbons (Fsp3) is 0.292. The van der Waals surface area contributed by atoms with Gasteiger partial charge in [0.25, 0.3) is 5.91 Å². The van der Waals surface area contributed by atoms with Crippen LogP contribution in [0, 0.1) is 6.92 Å². The molecule has 5 nitrogen and oxygen atoms in total. The normalized spacial score (nSPS) is 14.3. The molecule has 4 rings (SSSR count). The first-order valence-corrected chi connectivity index (χ1v) is 12.3. The summed E-state index contributed by atoms with van der Waals surface area (Å²) in [5, 5.41) is 3.12. The lowest BCUT2D eigenvalue weighted by Gasteiger charge is -2.26. The van der Waals surface area contributed by atoms with E-state index in [4.69, 9.17) is 0 Å². The molecule has 1 aliphatic heterocycles. The summed E-state index contributed by atoms with van der Waals surface area (Å²) in [4.78, 5) is 31.2. The van der Waals surface area contributed by atoms with Crippen LogP contribution in [-0.2, 0) is 17.1 Å². The molecule has 2 aromatic carbocycles. The largest absolute Gasteiger partial charge is 0.408 e. The number of rotatable bonds is 6. The number of hydrogen-bond donors (Lipinski definition) is 1. The molecule has 1 N–H and O–H groups in total. The molecule has 0 radical (unpaired) electrons.